The normalized spacial score (nSPS) is 11.3. The molecule has 0 atom stereocenters. The molecule has 6 nitrogen and oxygen atoms in total. The SMILES string of the molecule is C=C(C)C(=O)NCCC[N+](C)(CC)CC.CS(=O)(=O)[O-]. The molecule has 0 heterocycles. The second-order valence-electron chi connectivity index (χ2n) is 5.07. The zero-order valence-electron chi connectivity index (χ0n) is 13.2. The number of quaternary nitrogens is 1. The Morgan fingerprint density at radius 1 is 1.30 bits per heavy atom. The number of nitrogens with one attached hydrogen (secondary N) is 1. The van der Waals surface area contributed by atoms with Crippen LogP contribution in [0.1, 0.15) is 27.2 Å². The molecule has 0 radical (unpaired) electrons. The van der Waals surface area contributed by atoms with Crippen LogP contribution < -0.4 is 5.32 Å². The number of nitrogens with zero attached hydrogens (tertiary/aromatic N) is 1. The minimum atomic E-state index is -3.92. The molecular weight excluding hydrogens is 280 g/mol. The summed E-state index contributed by atoms with van der Waals surface area (Å²) in [4.78, 5) is 11.2. The van der Waals surface area contributed by atoms with E-state index < -0.39 is 10.1 Å². The first-order valence-electron chi connectivity index (χ1n) is 6.63. The first-order chi connectivity index (χ1) is 8.95. The average molecular weight is 308 g/mol. The summed E-state index contributed by atoms with van der Waals surface area (Å²) < 4.78 is 28.3. The van der Waals surface area contributed by atoms with Crippen LogP contribution in [0.2, 0.25) is 0 Å². The lowest BCUT2D eigenvalue weighted by Gasteiger charge is -2.32. The van der Waals surface area contributed by atoms with E-state index >= 15 is 0 Å². The molecule has 0 fully saturated rings. The highest BCUT2D eigenvalue weighted by Crippen LogP contribution is 2.02. The number of amides is 1. The van der Waals surface area contributed by atoms with Crippen molar-refractivity contribution in [3.63, 3.8) is 0 Å². The van der Waals surface area contributed by atoms with E-state index in [4.69, 9.17) is 13.0 Å². The third kappa shape index (κ3) is 15.1. The Kier molecular flexibility index (Phi) is 10.6. The maximum Gasteiger partial charge on any atom is 0.246 e. The molecule has 0 spiro atoms. The van der Waals surface area contributed by atoms with E-state index in [1.165, 1.54) is 0 Å². The van der Waals surface area contributed by atoms with Gasteiger partial charge in [-0.3, -0.25) is 4.79 Å². The Morgan fingerprint density at radius 3 is 2.00 bits per heavy atom. The van der Waals surface area contributed by atoms with Crippen molar-refractivity contribution in [3.05, 3.63) is 12.2 Å². The van der Waals surface area contributed by atoms with E-state index in [2.05, 4.69) is 32.8 Å². The van der Waals surface area contributed by atoms with Crippen molar-refractivity contribution >= 4 is 16.0 Å². The van der Waals surface area contributed by atoms with Crippen LogP contribution in [0.5, 0.6) is 0 Å². The van der Waals surface area contributed by atoms with Crippen LogP contribution in [0.4, 0.5) is 0 Å². The molecule has 0 unspecified atom stereocenters. The quantitative estimate of drug-likeness (QED) is 0.325. The smallest absolute Gasteiger partial charge is 0.246 e. The summed E-state index contributed by atoms with van der Waals surface area (Å²) in [5.41, 5.74) is 0.582. The van der Waals surface area contributed by atoms with Gasteiger partial charge in [0.1, 0.15) is 0 Å². The Bertz CT molecular complexity index is 393. The third-order valence-electron chi connectivity index (χ3n) is 3.07. The van der Waals surface area contributed by atoms with Gasteiger partial charge in [-0.1, -0.05) is 6.58 Å². The number of hydrogen-bond acceptors (Lipinski definition) is 4. The predicted molar refractivity (Wildman–Crippen MR) is 80.2 cm³/mol. The zero-order valence-corrected chi connectivity index (χ0v) is 14.0. The van der Waals surface area contributed by atoms with Crippen LogP contribution in [0, 0.1) is 0 Å². The largest absolute Gasteiger partial charge is 0.748 e. The molecule has 0 aromatic heterocycles. The molecule has 20 heavy (non-hydrogen) atoms. The first kappa shape index (κ1) is 21.4. The lowest BCUT2D eigenvalue weighted by molar-refractivity contribution is -0.906. The summed E-state index contributed by atoms with van der Waals surface area (Å²) in [6, 6.07) is 0. The van der Waals surface area contributed by atoms with E-state index in [0.29, 0.717) is 11.8 Å². The molecular formula is C13H28N2O4S. The number of carbonyl (C=O) groups is 1. The Morgan fingerprint density at radius 2 is 1.70 bits per heavy atom. The maximum absolute atomic E-state index is 11.2. The number of rotatable bonds is 7. The van der Waals surface area contributed by atoms with Crippen LogP contribution in [0.15, 0.2) is 12.2 Å². The topological polar surface area (TPSA) is 86.3 Å². The Hall–Kier alpha value is -0.920. The van der Waals surface area contributed by atoms with Gasteiger partial charge in [-0.2, -0.15) is 0 Å². The van der Waals surface area contributed by atoms with Crippen molar-refractivity contribution < 1.29 is 22.2 Å². The van der Waals surface area contributed by atoms with Crippen molar-refractivity contribution in [3.8, 4) is 0 Å². The van der Waals surface area contributed by atoms with E-state index in [1.807, 2.05) is 0 Å². The van der Waals surface area contributed by atoms with Gasteiger partial charge in [0.25, 0.3) is 0 Å². The van der Waals surface area contributed by atoms with Gasteiger partial charge in [0.2, 0.25) is 5.91 Å². The summed E-state index contributed by atoms with van der Waals surface area (Å²) in [6.45, 7) is 13.9. The van der Waals surface area contributed by atoms with Crippen molar-refractivity contribution in [2.24, 2.45) is 0 Å². The lowest BCUT2D eigenvalue weighted by Crippen LogP contribution is -2.45. The summed E-state index contributed by atoms with van der Waals surface area (Å²) in [7, 11) is -1.67. The van der Waals surface area contributed by atoms with Gasteiger partial charge in [0.15, 0.2) is 0 Å². The first-order valence-corrected chi connectivity index (χ1v) is 8.45. The van der Waals surface area contributed by atoms with Crippen LogP contribution in [0.3, 0.4) is 0 Å². The van der Waals surface area contributed by atoms with Crippen LogP contribution in [0.25, 0.3) is 0 Å². The highest BCUT2D eigenvalue weighted by Gasteiger charge is 2.15. The van der Waals surface area contributed by atoms with Gasteiger partial charge in [0.05, 0.1) is 36.8 Å². The van der Waals surface area contributed by atoms with Gasteiger partial charge in [-0.25, -0.2) is 8.42 Å². The van der Waals surface area contributed by atoms with Crippen molar-refractivity contribution in [1.82, 2.24) is 5.32 Å². The Balaban J connectivity index is 0. The average Bonchev–Trinajstić information content (AvgIpc) is 2.31. The molecule has 1 N–H and O–H groups in total. The highest BCUT2D eigenvalue weighted by molar-refractivity contribution is 7.84. The van der Waals surface area contributed by atoms with Crippen molar-refractivity contribution in [1.29, 1.82) is 0 Å². The molecule has 1 amide bonds. The van der Waals surface area contributed by atoms with E-state index in [-0.39, 0.29) is 5.91 Å². The monoisotopic (exact) mass is 308 g/mol. The fourth-order valence-corrected chi connectivity index (χ4v) is 1.35. The summed E-state index contributed by atoms with van der Waals surface area (Å²) in [5.74, 6) is -0.0304. The second kappa shape index (κ2) is 9.90. The van der Waals surface area contributed by atoms with Crippen LogP contribution in [-0.2, 0) is 14.9 Å². The Labute approximate surface area is 123 Å². The fraction of sp³-hybridized carbons (Fsp3) is 0.769. The standard InChI is InChI=1S/C12H24N2O.CH4O3S/c1-6-14(5,7-2)10-8-9-13-12(15)11(3)4;1-5(2,3)4/h3,6-10H2,1-2,4-5H3;1H3,(H,2,3,4). The molecule has 0 aliphatic carbocycles. The van der Waals surface area contributed by atoms with Gasteiger partial charge < -0.3 is 14.4 Å². The number of carbonyl (C=O) groups excluding carboxylic acids is 1. The molecule has 0 saturated carbocycles. The highest BCUT2D eigenvalue weighted by atomic mass is 32.2. The van der Waals surface area contributed by atoms with Gasteiger partial charge in [-0.15, -0.1) is 0 Å². The molecule has 0 aliphatic heterocycles. The number of hydrogen-bond donors (Lipinski definition) is 1. The minimum Gasteiger partial charge on any atom is -0.748 e. The third-order valence-corrected chi connectivity index (χ3v) is 3.07. The molecule has 0 aliphatic rings. The molecule has 0 rings (SSSR count). The molecule has 0 aromatic carbocycles. The zero-order chi connectivity index (χ0) is 16.4. The molecule has 0 saturated heterocycles. The van der Waals surface area contributed by atoms with E-state index in [9.17, 15) is 4.79 Å². The minimum absolute atomic E-state index is 0.0304. The predicted octanol–water partition coefficient (Wildman–Crippen LogP) is 0.717. The van der Waals surface area contributed by atoms with E-state index in [1.54, 1.807) is 6.92 Å². The maximum atomic E-state index is 11.2. The van der Waals surface area contributed by atoms with Gasteiger partial charge >= 0.3 is 0 Å². The fourth-order valence-electron chi connectivity index (χ4n) is 1.35. The van der Waals surface area contributed by atoms with E-state index in [0.717, 1.165) is 37.1 Å². The second-order valence-corrected chi connectivity index (χ2v) is 6.48. The van der Waals surface area contributed by atoms with Crippen LogP contribution >= 0.6 is 0 Å². The molecule has 0 aromatic rings. The summed E-state index contributed by atoms with van der Waals surface area (Å²) >= 11 is 0. The lowest BCUT2D eigenvalue weighted by atomic mass is 10.3. The molecule has 0 bridgehead atoms. The van der Waals surface area contributed by atoms with Crippen molar-refractivity contribution in [2.45, 2.75) is 27.2 Å². The van der Waals surface area contributed by atoms with Crippen molar-refractivity contribution in [2.75, 3.05) is 39.5 Å². The summed E-state index contributed by atoms with van der Waals surface area (Å²) in [5, 5.41) is 2.85. The molecule has 7 heteroatoms. The van der Waals surface area contributed by atoms with Gasteiger partial charge in [-0.05, 0) is 20.8 Å². The summed E-state index contributed by atoms with van der Waals surface area (Å²) in [6.07, 6.45) is 1.63. The molecule has 120 valence electrons. The van der Waals surface area contributed by atoms with Crippen LogP contribution in [-0.4, -0.2) is 62.8 Å². The van der Waals surface area contributed by atoms with Gasteiger partial charge in [0, 0.05) is 24.8 Å².